The van der Waals surface area contributed by atoms with Crippen LogP contribution in [-0.4, -0.2) is 30.4 Å². The molecule has 0 bridgehead atoms. The van der Waals surface area contributed by atoms with Crippen molar-refractivity contribution in [2.24, 2.45) is 0 Å². The molecule has 0 fully saturated rings. The van der Waals surface area contributed by atoms with Crippen LogP contribution in [0.25, 0.3) is 0 Å². The number of unbranched alkanes of at least 4 members (excludes halogenated alkanes) is 7. The van der Waals surface area contributed by atoms with E-state index in [-0.39, 0.29) is 11.3 Å². The van der Waals surface area contributed by atoms with Gasteiger partial charge in [0, 0.05) is 6.42 Å². The van der Waals surface area contributed by atoms with Gasteiger partial charge in [-0.25, -0.2) is 9.59 Å². The van der Waals surface area contributed by atoms with Gasteiger partial charge in [-0.15, -0.1) is 0 Å². The minimum absolute atomic E-state index is 0.0822. The zero-order valence-electron chi connectivity index (χ0n) is 21.9. The van der Waals surface area contributed by atoms with E-state index in [1.807, 2.05) is 0 Å². The highest BCUT2D eigenvalue weighted by molar-refractivity contribution is 5.93. The highest BCUT2D eigenvalue weighted by atomic mass is 16.5. The van der Waals surface area contributed by atoms with Crippen molar-refractivity contribution >= 4 is 17.7 Å². The molecule has 0 saturated carbocycles. The summed E-state index contributed by atoms with van der Waals surface area (Å²) in [4.78, 5) is 36.9. The predicted octanol–water partition coefficient (Wildman–Crippen LogP) is 7.34. The van der Waals surface area contributed by atoms with Crippen LogP contribution < -0.4 is 9.47 Å². The summed E-state index contributed by atoms with van der Waals surface area (Å²) in [7, 11) is 0. The molecule has 6 heteroatoms. The lowest BCUT2D eigenvalue weighted by molar-refractivity contribution is -0.127. The number of hydrogen-bond acceptors (Lipinski definition) is 6. The van der Waals surface area contributed by atoms with Crippen molar-refractivity contribution in [1.29, 1.82) is 0 Å². The van der Waals surface area contributed by atoms with Crippen molar-refractivity contribution in [1.82, 2.24) is 0 Å². The second kappa shape index (κ2) is 16.5. The van der Waals surface area contributed by atoms with Crippen LogP contribution in [0.2, 0.25) is 0 Å². The van der Waals surface area contributed by atoms with Crippen molar-refractivity contribution in [3.63, 3.8) is 0 Å². The standard InChI is InChI=1S/C30H40O6/c1-4-6-8-9-10-12-22-34-26-18-14-25(15-19-26)30(33)36-27-20-16-24(17-21-27)29(32)35-23(3)28(31)13-11-7-5-2/h14-21,23H,4-13,22H2,1-3H3. The average molecular weight is 497 g/mol. The second-order valence-corrected chi connectivity index (χ2v) is 9.03. The topological polar surface area (TPSA) is 78.9 Å². The summed E-state index contributed by atoms with van der Waals surface area (Å²) < 4.78 is 16.4. The molecule has 0 heterocycles. The molecule has 6 nitrogen and oxygen atoms in total. The van der Waals surface area contributed by atoms with Gasteiger partial charge >= 0.3 is 11.9 Å². The van der Waals surface area contributed by atoms with Crippen LogP contribution in [0.5, 0.6) is 11.5 Å². The average Bonchev–Trinajstić information content (AvgIpc) is 2.89. The van der Waals surface area contributed by atoms with Crippen LogP contribution in [0.4, 0.5) is 0 Å². The third kappa shape index (κ3) is 10.6. The largest absolute Gasteiger partial charge is 0.494 e. The zero-order valence-corrected chi connectivity index (χ0v) is 21.9. The number of Topliss-reactive ketones (excluding diaryl/α,β-unsaturated/α-hetero) is 1. The van der Waals surface area contributed by atoms with E-state index in [4.69, 9.17) is 14.2 Å². The summed E-state index contributed by atoms with van der Waals surface area (Å²) in [6.45, 7) is 6.53. The van der Waals surface area contributed by atoms with Gasteiger partial charge in [0.25, 0.3) is 0 Å². The predicted molar refractivity (Wildman–Crippen MR) is 141 cm³/mol. The van der Waals surface area contributed by atoms with E-state index in [0.717, 1.165) is 37.9 Å². The molecule has 0 aliphatic heterocycles. The maximum atomic E-state index is 12.5. The molecule has 1 unspecified atom stereocenters. The highest BCUT2D eigenvalue weighted by Crippen LogP contribution is 2.18. The molecule has 2 rings (SSSR count). The summed E-state index contributed by atoms with van der Waals surface area (Å²) in [6, 6.07) is 12.9. The number of carbonyl (C=O) groups excluding carboxylic acids is 3. The fourth-order valence-electron chi connectivity index (χ4n) is 3.63. The van der Waals surface area contributed by atoms with Gasteiger partial charge in [-0.2, -0.15) is 0 Å². The Kier molecular flexibility index (Phi) is 13.3. The van der Waals surface area contributed by atoms with E-state index in [1.165, 1.54) is 49.9 Å². The molecule has 36 heavy (non-hydrogen) atoms. The summed E-state index contributed by atoms with van der Waals surface area (Å²) >= 11 is 0. The van der Waals surface area contributed by atoms with Crippen molar-refractivity contribution in [2.75, 3.05) is 6.61 Å². The Morgan fingerprint density at radius 2 is 1.19 bits per heavy atom. The molecule has 2 aromatic rings. The zero-order chi connectivity index (χ0) is 26.2. The lowest BCUT2D eigenvalue weighted by Gasteiger charge is -2.12. The summed E-state index contributed by atoms with van der Waals surface area (Å²) in [5, 5.41) is 0. The van der Waals surface area contributed by atoms with Gasteiger partial charge in [0.2, 0.25) is 0 Å². The summed E-state index contributed by atoms with van der Waals surface area (Å²) in [6.07, 6.45) is 9.65. The Morgan fingerprint density at radius 3 is 1.83 bits per heavy atom. The third-order valence-electron chi connectivity index (χ3n) is 5.92. The minimum atomic E-state index is -0.787. The molecule has 0 saturated heterocycles. The maximum Gasteiger partial charge on any atom is 0.343 e. The minimum Gasteiger partial charge on any atom is -0.494 e. The van der Waals surface area contributed by atoms with E-state index in [1.54, 1.807) is 31.2 Å². The molecule has 196 valence electrons. The Balaban J connectivity index is 1.77. The molecular formula is C30H40O6. The van der Waals surface area contributed by atoms with Crippen LogP contribution in [0.1, 0.15) is 106 Å². The fraction of sp³-hybridized carbons (Fsp3) is 0.500. The first-order chi connectivity index (χ1) is 17.4. The number of ether oxygens (including phenoxy) is 3. The van der Waals surface area contributed by atoms with Gasteiger partial charge in [-0.1, -0.05) is 58.8 Å². The van der Waals surface area contributed by atoms with Gasteiger partial charge < -0.3 is 14.2 Å². The molecule has 0 N–H and O–H groups in total. The number of ketones is 1. The third-order valence-corrected chi connectivity index (χ3v) is 5.92. The molecule has 0 amide bonds. The van der Waals surface area contributed by atoms with Gasteiger partial charge in [-0.05, 0) is 68.3 Å². The Bertz CT molecular complexity index is 933. The number of esters is 2. The van der Waals surface area contributed by atoms with Crippen LogP contribution in [-0.2, 0) is 9.53 Å². The van der Waals surface area contributed by atoms with Crippen molar-refractivity contribution in [3.8, 4) is 11.5 Å². The van der Waals surface area contributed by atoms with E-state index in [9.17, 15) is 14.4 Å². The van der Waals surface area contributed by atoms with Gasteiger partial charge in [-0.3, -0.25) is 4.79 Å². The smallest absolute Gasteiger partial charge is 0.343 e. The van der Waals surface area contributed by atoms with Crippen LogP contribution >= 0.6 is 0 Å². The van der Waals surface area contributed by atoms with Gasteiger partial charge in [0.1, 0.15) is 11.5 Å². The Morgan fingerprint density at radius 1 is 0.667 bits per heavy atom. The number of benzene rings is 2. The highest BCUT2D eigenvalue weighted by Gasteiger charge is 2.18. The maximum absolute atomic E-state index is 12.5. The monoisotopic (exact) mass is 496 g/mol. The molecule has 0 radical (unpaired) electrons. The van der Waals surface area contributed by atoms with E-state index >= 15 is 0 Å². The van der Waals surface area contributed by atoms with Crippen LogP contribution in [0, 0.1) is 0 Å². The van der Waals surface area contributed by atoms with E-state index in [0.29, 0.717) is 24.3 Å². The number of hydrogen-bond donors (Lipinski definition) is 0. The van der Waals surface area contributed by atoms with Gasteiger partial charge in [0.05, 0.1) is 17.7 Å². The normalized spacial score (nSPS) is 11.5. The van der Waals surface area contributed by atoms with Crippen LogP contribution in [0.15, 0.2) is 48.5 Å². The summed E-state index contributed by atoms with van der Waals surface area (Å²) in [5.41, 5.74) is 0.690. The Hall–Kier alpha value is -3.15. The fourth-order valence-corrected chi connectivity index (χ4v) is 3.63. The van der Waals surface area contributed by atoms with Crippen molar-refractivity contribution in [3.05, 3.63) is 59.7 Å². The molecule has 0 aliphatic carbocycles. The lowest BCUT2D eigenvalue weighted by Crippen LogP contribution is -2.24. The SMILES string of the molecule is CCCCCCCCOc1ccc(C(=O)Oc2ccc(C(=O)OC(C)C(=O)CCCCC)cc2)cc1. The molecule has 0 aromatic heterocycles. The molecule has 2 aromatic carbocycles. The first-order valence-electron chi connectivity index (χ1n) is 13.2. The number of rotatable bonds is 17. The first kappa shape index (κ1) is 29.1. The summed E-state index contributed by atoms with van der Waals surface area (Å²) in [5.74, 6) is -0.134. The molecule has 0 spiro atoms. The van der Waals surface area contributed by atoms with Crippen LogP contribution in [0.3, 0.4) is 0 Å². The van der Waals surface area contributed by atoms with Crippen molar-refractivity contribution in [2.45, 2.75) is 91.1 Å². The van der Waals surface area contributed by atoms with Gasteiger partial charge in [0.15, 0.2) is 11.9 Å². The quantitative estimate of drug-likeness (QED) is 0.129. The Labute approximate surface area is 215 Å². The molecule has 1 atom stereocenters. The number of carbonyl (C=O) groups is 3. The lowest BCUT2D eigenvalue weighted by atomic mass is 10.1. The second-order valence-electron chi connectivity index (χ2n) is 9.03. The molecule has 0 aliphatic rings. The van der Waals surface area contributed by atoms with E-state index < -0.39 is 18.0 Å². The van der Waals surface area contributed by atoms with E-state index in [2.05, 4.69) is 13.8 Å². The molecular weight excluding hydrogens is 456 g/mol. The van der Waals surface area contributed by atoms with Crippen molar-refractivity contribution < 1.29 is 28.6 Å². The first-order valence-corrected chi connectivity index (χ1v) is 13.2.